The van der Waals surface area contributed by atoms with Gasteiger partial charge < -0.3 is 20.8 Å². The highest BCUT2D eigenvalue weighted by Crippen LogP contribution is 2.32. The largest absolute Gasteiger partial charge is 0.477 e. The molecule has 4 N–H and O–H groups in total. The predicted octanol–water partition coefficient (Wildman–Crippen LogP) is 2.23. The van der Waals surface area contributed by atoms with Crippen molar-refractivity contribution in [2.75, 3.05) is 31.1 Å². The summed E-state index contributed by atoms with van der Waals surface area (Å²) in [5.41, 5.74) is 3.38. The van der Waals surface area contributed by atoms with Gasteiger partial charge in [-0.2, -0.15) is 17.5 Å². The Hall–Kier alpha value is -4.28. The highest BCUT2D eigenvalue weighted by Gasteiger charge is 2.36. The summed E-state index contributed by atoms with van der Waals surface area (Å²) >= 11 is 1.00. The highest BCUT2D eigenvalue weighted by atomic mass is 32.1. The molecule has 5 heterocycles. The Labute approximate surface area is 240 Å². The maximum absolute atomic E-state index is 13.2. The first-order valence-corrected chi connectivity index (χ1v) is 13.4. The first-order valence-electron chi connectivity index (χ1n) is 12.6. The van der Waals surface area contributed by atoms with Gasteiger partial charge in [0, 0.05) is 50.0 Å². The van der Waals surface area contributed by atoms with Gasteiger partial charge in [-0.15, -0.1) is 0 Å². The molecule has 1 fully saturated rings. The smallest absolute Gasteiger partial charge is 0.418 e. The van der Waals surface area contributed by atoms with Crippen LogP contribution in [0.25, 0.3) is 16.2 Å². The summed E-state index contributed by atoms with van der Waals surface area (Å²) in [6.45, 7) is 2.75. The van der Waals surface area contributed by atoms with Gasteiger partial charge >= 0.3 is 12.1 Å². The standard InChI is InChI=1S/C24H19F3N6O4S.C2H7NO/c1-12-7-18(31-21-19(12)20(35)14(22(36)37)10-33(21)23-29-11-30-38-23)32-8-13(9-32)17(34)5-4-16-15(24(25,26)27)3-2-6-28-16;3-1-2-4/h2-3,6-7,10-11,13H,4-5,8-9H2,1H3,(H,36,37);4H,1-3H2. The fraction of sp³-hybridized carbons (Fsp3) is 0.346. The lowest BCUT2D eigenvalue weighted by Gasteiger charge is -2.39. The second-order valence-electron chi connectivity index (χ2n) is 9.34. The minimum atomic E-state index is -4.54. The van der Waals surface area contributed by atoms with E-state index in [0.717, 1.165) is 17.6 Å². The van der Waals surface area contributed by atoms with E-state index in [-0.39, 0.29) is 47.9 Å². The molecule has 1 saturated heterocycles. The van der Waals surface area contributed by atoms with Crippen molar-refractivity contribution < 1.29 is 33.0 Å². The van der Waals surface area contributed by atoms with Gasteiger partial charge in [0.25, 0.3) is 0 Å². The first-order chi connectivity index (χ1) is 20.0. The molecule has 1 aliphatic heterocycles. The summed E-state index contributed by atoms with van der Waals surface area (Å²) in [4.78, 5) is 51.6. The lowest BCUT2D eigenvalue weighted by Crippen LogP contribution is -2.51. The Balaban J connectivity index is 0.000000952. The SMILES string of the molecule is Cc1cc(N2CC(C(=O)CCc3ncccc3C(F)(F)F)C2)nc2c1c(=O)c(C(=O)O)cn2-c1ncns1.NCCO. The number of hydrogen-bond donors (Lipinski definition) is 3. The van der Waals surface area contributed by atoms with Crippen LogP contribution in [-0.4, -0.2) is 72.1 Å². The van der Waals surface area contributed by atoms with E-state index in [1.165, 1.54) is 29.4 Å². The zero-order chi connectivity index (χ0) is 30.6. The van der Waals surface area contributed by atoms with Crippen molar-refractivity contribution in [2.45, 2.75) is 25.9 Å². The Bertz CT molecular complexity index is 1650. The number of aromatic carboxylic acids is 1. The number of fused-ring (bicyclic) bond motifs is 1. The van der Waals surface area contributed by atoms with E-state index in [1.807, 2.05) is 4.90 Å². The van der Waals surface area contributed by atoms with Crippen LogP contribution in [-0.2, 0) is 17.4 Å². The molecule has 5 rings (SSSR count). The van der Waals surface area contributed by atoms with E-state index in [4.69, 9.17) is 10.8 Å². The molecule has 0 bridgehead atoms. The van der Waals surface area contributed by atoms with E-state index < -0.39 is 28.7 Å². The number of nitrogens with zero attached hydrogens (tertiary/aromatic N) is 6. The van der Waals surface area contributed by atoms with E-state index in [0.29, 0.717) is 36.1 Å². The third-order valence-corrected chi connectivity index (χ3v) is 7.19. The number of Topliss-reactive ketones (excluding diaryl/α,β-unsaturated/α-hetero) is 1. The zero-order valence-corrected chi connectivity index (χ0v) is 23.0. The highest BCUT2D eigenvalue weighted by molar-refractivity contribution is 7.08. The number of aryl methyl sites for hydroxylation is 2. The molecular formula is C26H26F3N7O5S. The van der Waals surface area contributed by atoms with Crippen LogP contribution in [0.5, 0.6) is 0 Å². The molecule has 0 radical (unpaired) electrons. The maximum atomic E-state index is 13.2. The van der Waals surface area contributed by atoms with Crippen molar-refractivity contribution in [2.24, 2.45) is 11.7 Å². The summed E-state index contributed by atoms with van der Waals surface area (Å²) in [5, 5.41) is 17.7. The second kappa shape index (κ2) is 12.7. The van der Waals surface area contributed by atoms with Gasteiger partial charge in [-0.1, -0.05) is 0 Å². The van der Waals surface area contributed by atoms with Gasteiger partial charge in [-0.25, -0.2) is 14.8 Å². The van der Waals surface area contributed by atoms with E-state index in [1.54, 1.807) is 13.0 Å². The Morgan fingerprint density at radius 1 is 1.24 bits per heavy atom. The van der Waals surface area contributed by atoms with Gasteiger partial charge in [-0.3, -0.25) is 19.1 Å². The van der Waals surface area contributed by atoms with Crippen LogP contribution in [0.1, 0.15) is 33.6 Å². The Kier molecular flexibility index (Phi) is 9.28. The number of halogens is 3. The molecule has 0 spiro atoms. The van der Waals surface area contributed by atoms with Crippen molar-refractivity contribution in [3.8, 4) is 5.13 Å². The second-order valence-corrected chi connectivity index (χ2v) is 10.1. The molecule has 0 aromatic carbocycles. The topological polar surface area (TPSA) is 177 Å². The van der Waals surface area contributed by atoms with Gasteiger partial charge in [0.05, 0.1) is 29.2 Å². The normalized spacial score (nSPS) is 13.4. The molecule has 4 aromatic heterocycles. The minimum absolute atomic E-state index is 0.0721. The molecule has 12 nitrogen and oxygen atoms in total. The van der Waals surface area contributed by atoms with Crippen molar-refractivity contribution in [1.82, 2.24) is 23.9 Å². The molecule has 0 unspecified atom stereocenters. The summed E-state index contributed by atoms with van der Waals surface area (Å²) in [5.74, 6) is -1.46. The van der Waals surface area contributed by atoms with Crippen molar-refractivity contribution in [3.05, 3.63) is 69.5 Å². The fourth-order valence-electron chi connectivity index (χ4n) is 4.42. The lowest BCUT2D eigenvalue weighted by atomic mass is 9.91. The van der Waals surface area contributed by atoms with Crippen molar-refractivity contribution >= 4 is 40.1 Å². The number of anilines is 1. The average molecular weight is 606 g/mol. The van der Waals surface area contributed by atoms with Crippen LogP contribution < -0.4 is 16.1 Å². The van der Waals surface area contributed by atoms with Gasteiger partial charge in [0.15, 0.2) is 5.65 Å². The Morgan fingerprint density at radius 3 is 2.55 bits per heavy atom. The molecule has 0 saturated carbocycles. The summed E-state index contributed by atoms with van der Waals surface area (Å²) in [6.07, 6.45) is -0.987. The van der Waals surface area contributed by atoms with Crippen molar-refractivity contribution in [1.29, 1.82) is 0 Å². The summed E-state index contributed by atoms with van der Waals surface area (Å²) in [6, 6.07) is 3.81. The number of hydrogen-bond acceptors (Lipinski definition) is 11. The first kappa shape index (κ1) is 30.7. The molecule has 222 valence electrons. The number of alkyl halides is 3. The predicted molar refractivity (Wildman–Crippen MR) is 147 cm³/mol. The lowest BCUT2D eigenvalue weighted by molar-refractivity contribution is -0.138. The maximum Gasteiger partial charge on any atom is 0.418 e. The molecule has 0 aliphatic carbocycles. The third kappa shape index (κ3) is 6.45. The third-order valence-electron chi connectivity index (χ3n) is 6.52. The number of carboxylic acids is 1. The van der Waals surface area contributed by atoms with Crippen LogP contribution in [0.15, 0.2) is 41.7 Å². The fourth-order valence-corrected chi connectivity index (χ4v) is 4.93. The van der Waals surface area contributed by atoms with Crippen LogP contribution in [0.2, 0.25) is 0 Å². The minimum Gasteiger partial charge on any atom is -0.477 e. The number of pyridine rings is 3. The molecule has 0 amide bonds. The van der Waals surface area contributed by atoms with E-state index in [9.17, 15) is 32.7 Å². The number of nitrogens with two attached hydrogens (primary N) is 1. The van der Waals surface area contributed by atoms with Crippen molar-refractivity contribution in [3.63, 3.8) is 0 Å². The number of ketones is 1. The average Bonchev–Trinajstić information content (AvgIpc) is 3.45. The number of aromatic nitrogens is 5. The molecular weight excluding hydrogens is 579 g/mol. The number of carboxylic acid groups (broad SMARTS) is 1. The van der Waals surface area contributed by atoms with E-state index in [2.05, 4.69) is 19.3 Å². The molecule has 42 heavy (non-hydrogen) atoms. The van der Waals surface area contributed by atoms with Gasteiger partial charge in [0.1, 0.15) is 23.5 Å². The number of aliphatic hydroxyl groups excluding tert-OH is 1. The summed E-state index contributed by atoms with van der Waals surface area (Å²) in [7, 11) is 0. The van der Waals surface area contributed by atoms with E-state index >= 15 is 0 Å². The van der Waals surface area contributed by atoms with Crippen LogP contribution in [0.4, 0.5) is 19.0 Å². The molecule has 1 aliphatic rings. The summed E-state index contributed by atoms with van der Waals surface area (Å²) < 4.78 is 44.9. The van der Waals surface area contributed by atoms with Crippen LogP contribution in [0, 0.1) is 12.8 Å². The molecule has 4 aromatic rings. The van der Waals surface area contributed by atoms with Crippen LogP contribution in [0.3, 0.4) is 0 Å². The number of rotatable bonds is 8. The Morgan fingerprint density at radius 2 is 1.95 bits per heavy atom. The van der Waals surface area contributed by atoms with Crippen LogP contribution >= 0.6 is 11.5 Å². The monoisotopic (exact) mass is 605 g/mol. The van der Waals surface area contributed by atoms with Gasteiger partial charge in [0.2, 0.25) is 10.6 Å². The molecule has 16 heteroatoms. The number of carbonyl (C=O) groups excluding carboxylic acids is 1. The number of aliphatic hydroxyl groups is 1. The quantitative estimate of drug-likeness (QED) is 0.268. The molecule has 0 atom stereocenters. The zero-order valence-electron chi connectivity index (χ0n) is 22.2. The number of carbonyl (C=O) groups is 2. The van der Waals surface area contributed by atoms with Gasteiger partial charge in [-0.05, 0) is 37.1 Å².